The minimum atomic E-state index is -0.400. The first-order valence-electron chi connectivity index (χ1n) is 18.5. The summed E-state index contributed by atoms with van der Waals surface area (Å²) in [7, 11) is 0. The maximum atomic E-state index is 6.31. The Bertz CT molecular complexity index is 3290. The molecule has 53 heavy (non-hydrogen) atoms. The summed E-state index contributed by atoms with van der Waals surface area (Å²) in [6.07, 6.45) is 0. The molecule has 1 unspecified atom stereocenters. The van der Waals surface area contributed by atoms with Crippen molar-refractivity contribution in [3.05, 3.63) is 193 Å². The Morgan fingerprint density at radius 1 is 0.377 bits per heavy atom. The van der Waals surface area contributed by atoms with Crippen LogP contribution in [0.1, 0.15) is 23.6 Å². The summed E-state index contributed by atoms with van der Waals surface area (Å²) in [5.41, 5.74) is 13.1. The summed E-state index contributed by atoms with van der Waals surface area (Å²) >= 11 is 0. The minimum Gasteiger partial charge on any atom is -0.456 e. The molecule has 1 aromatic heterocycles. The lowest BCUT2D eigenvalue weighted by Gasteiger charge is -2.30. The van der Waals surface area contributed by atoms with Gasteiger partial charge in [0, 0.05) is 16.2 Å². The molecule has 0 radical (unpaired) electrons. The van der Waals surface area contributed by atoms with Crippen LogP contribution in [0, 0.1) is 0 Å². The van der Waals surface area contributed by atoms with E-state index in [1.165, 1.54) is 93.2 Å². The van der Waals surface area contributed by atoms with Crippen molar-refractivity contribution in [3.8, 4) is 33.4 Å². The van der Waals surface area contributed by atoms with Crippen LogP contribution in [0.15, 0.2) is 180 Å². The zero-order chi connectivity index (χ0) is 34.8. The van der Waals surface area contributed by atoms with Gasteiger partial charge in [0.05, 0.1) is 0 Å². The third-order valence-electron chi connectivity index (χ3n) is 12.3. The Morgan fingerprint density at radius 3 is 1.77 bits per heavy atom. The first-order chi connectivity index (χ1) is 26.1. The van der Waals surface area contributed by atoms with E-state index in [0.29, 0.717) is 0 Å². The molecule has 0 bridgehead atoms. The van der Waals surface area contributed by atoms with Crippen LogP contribution < -0.4 is 0 Å². The van der Waals surface area contributed by atoms with Gasteiger partial charge in [0.15, 0.2) is 0 Å². The zero-order valence-electron chi connectivity index (χ0n) is 29.2. The number of hydrogen-bond acceptors (Lipinski definition) is 1. The van der Waals surface area contributed by atoms with Crippen molar-refractivity contribution in [2.75, 3.05) is 0 Å². The molecular formula is C52H32O. The highest BCUT2D eigenvalue weighted by atomic mass is 16.3. The van der Waals surface area contributed by atoms with Crippen molar-refractivity contribution in [1.29, 1.82) is 0 Å². The molecule has 1 aliphatic rings. The topological polar surface area (TPSA) is 13.1 Å². The second-order valence-electron chi connectivity index (χ2n) is 14.9. The lowest BCUT2D eigenvalue weighted by Crippen LogP contribution is -2.23. The third kappa shape index (κ3) is 3.86. The fraction of sp³-hybridized carbons (Fsp3) is 0.0385. The first kappa shape index (κ1) is 28.9. The normalized spacial score (nSPS) is 15.3. The number of furan rings is 1. The summed E-state index contributed by atoms with van der Waals surface area (Å²) in [4.78, 5) is 0. The van der Waals surface area contributed by atoms with E-state index in [-0.39, 0.29) is 0 Å². The second kappa shape index (κ2) is 10.4. The van der Waals surface area contributed by atoms with Crippen molar-refractivity contribution in [1.82, 2.24) is 0 Å². The van der Waals surface area contributed by atoms with E-state index >= 15 is 0 Å². The van der Waals surface area contributed by atoms with Crippen molar-refractivity contribution in [2.45, 2.75) is 12.3 Å². The summed E-state index contributed by atoms with van der Waals surface area (Å²) in [6.45, 7) is 2.44. The molecule has 1 heteroatoms. The van der Waals surface area contributed by atoms with E-state index in [1.807, 2.05) is 6.07 Å². The van der Waals surface area contributed by atoms with E-state index in [2.05, 4.69) is 177 Å². The fourth-order valence-electron chi connectivity index (χ4n) is 9.79. The molecule has 0 fully saturated rings. The molecule has 0 spiro atoms. The van der Waals surface area contributed by atoms with E-state index in [1.54, 1.807) is 0 Å². The van der Waals surface area contributed by atoms with E-state index in [4.69, 9.17) is 4.42 Å². The number of fused-ring (bicyclic) bond motifs is 8. The van der Waals surface area contributed by atoms with Gasteiger partial charge in [-0.05, 0) is 124 Å². The predicted octanol–water partition coefficient (Wildman–Crippen LogP) is 14.3. The highest BCUT2D eigenvalue weighted by Gasteiger charge is 2.42. The average molecular weight is 673 g/mol. The first-order valence-corrected chi connectivity index (χ1v) is 18.5. The van der Waals surface area contributed by atoms with Gasteiger partial charge in [-0.2, -0.15) is 0 Å². The number of hydrogen-bond donors (Lipinski definition) is 0. The van der Waals surface area contributed by atoms with Gasteiger partial charge >= 0.3 is 0 Å². The van der Waals surface area contributed by atoms with Gasteiger partial charge < -0.3 is 4.42 Å². The maximum Gasteiger partial charge on any atom is 0.135 e. The molecule has 0 N–H and O–H groups in total. The average Bonchev–Trinajstić information content (AvgIpc) is 3.72. The molecule has 10 aromatic carbocycles. The van der Waals surface area contributed by atoms with Crippen LogP contribution in [-0.4, -0.2) is 0 Å². The lowest BCUT2D eigenvalue weighted by molar-refractivity contribution is 0.667. The lowest BCUT2D eigenvalue weighted by atomic mass is 9.72. The maximum absolute atomic E-state index is 6.31. The molecule has 0 saturated carbocycles. The van der Waals surface area contributed by atoms with Gasteiger partial charge in [0.2, 0.25) is 0 Å². The molecule has 12 rings (SSSR count). The van der Waals surface area contributed by atoms with Gasteiger partial charge in [-0.1, -0.05) is 152 Å². The largest absolute Gasteiger partial charge is 0.456 e. The van der Waals surface area contributed by atoms with Crippen LogP contribution >= 0.6 is 0 Å². The van der Waals surface area contributed by atoms with Crippen molar-refractivity contribution < 1.29 is 4.42 Å². The smallest absolute Gasteiger partial charge is 0.135 e. The zero-order valence-corrected chi connectivity index (χ0v) is 29.2. The Labute approximate surface area is 306 Å². The van der Waals surface area contributed by atoms with Crippen LogP contribution in [0.3, 0.4) is 0 Å². The van der Waals surface area contributed by atoms with Crippen LogP contribution in [0.4, 0.5) is 0 Å². The van der Waals surface area contributed by atoms with E-state index < -0.39 is 5.41 Å². The van der Waals surface area contributed by atoms with Crippen LogP contribution in [0.25, 0.3) is 98.4 Å². The number of rotatable bonds is 3. The molecule has 0 amide bonds. The fourth-order valence-corrected chi connectivity index (χ4v) is 9.79. The Balaban J connectivity index is 1.12. The minimum absolute atomic E-state index is 0.400. The highest BCUT2D eigenvalue weighted by Crippen LogP contribution is 2.56. The molecule has 0 saturated heterocycles. The van der Waals surface area contributed by atoms with Crippen molar-refractivity contribution in [2.24, 2.45) is 0 Å². The molecule has 1 aliphatic carbocycles. The highest BCUT2D eigenvalue weighted by molar-refractivity contribution is 6.27. The Hall–Kier alpha value is -6.70. The van der Waals surface area contributed by atoms with Gasteiger partial charge in [-0.3, -0.25) is 0 Å². The molecule has 0 aliphatic heterocycles. The summed E-state index contributed by atoms with van der Waals surface area (Å²) < 4.78 is 6.31. The van der Waals surface area contributed by atoms with Crippen LogP contribution in [0.2, 0.25) is 0 Å². The standard InChI is InChI=1S/C52H32O/c1-52(36-21-28-48-45(30-36)41-13-7-8-14-47(41)53-48)46-29-35(20-24-40(46)44-27-15-32-11-5-6-12-39(32)51(44)52)38-23-17-34-18-25-42-37(31-9-3-2-4-10-31)22-16-33-19-26-43(38)50(34)49(33)42/h2-30H,1H3. The molecular weight excluding hydrogens is 641 g/mol. The van der Waals surface area contributed by atoms with E-state index in [0.717, 1.165) is 21.9 Å². The SMILES string of the molecule is CC1(c2ccc3oc4ccccc4c3c2)c2cc(-c3ccc4ccc5c(-c6ccccc6)ccc6ccc3c4c65)ccc2-c2ccc3ccccc3c21. The monoisotopic (exact) mass is 672 g/mol. The van der Waals surface area contributed by atoms with Crippen LogP contribution in [0.5, 0.6) is 0 Å². The quantitative estimate of drug-likeness (QED) is 0.170. The summed E-state index contributed by atoms with van der Waals surface area (Å²) in [5, 5.41) is 12.7. The van der Waals surface area contributed by atoms with Crippen molar-refractivity contribution in [3.63, 3.8) is 0 Å². The number of para-hydroxylation sites is 1. The van der Waals surface area contributed by atoms with E-state index in [9.17, 15) is 0 Å². The van der Waals surface area contributed by atoms with Gasteiger partial charge in [0.1, 0.15) is 11.2 Å². The predicted molar refractivity (Wildman–Crippen MR) is 223 cm³/mol. The molecule has 1 nitrogen and oxygen atoms in total. The number of benzene rings is 10. The Morgan fingerprint density at radius 2 is 0.981 bits per heavy atom. The summed E-state index contributed by atoms with van der Waals surface area (Å²) in [6, 6.07) is 65.2. The third-order valence-corrected chi connectivity index (χ3v) is 12.3. The Kier molecular flexibility index (Phi) is 5.70. The van der Waals surface area contributed by atoms with Crippen molar-refractivity contribution >= 4 is 65.0 Å². The molecule has 1 heterocycles. The molecule has 1 atom stereocenters. The second-order valence-corrected chi connectivity index (χ2v) is 14.9. The van der Waals surface area contributed by atoms with Gasteiger partial charge in [-0.15, -0.1) is 0 Å². The molecule has 11 aromatic rings. The van der Waals surface area contributed by atoms with Crippen LogP contribution in [-0.2, 0) is 5.41 Å². The molecule has 246 valence electrons. The van der Waals surface area contributed by atoms with Gasteiger partial charge in [0.25, 0.3) is 0 Å². The van der Waals surface area contributed by atoms with Gasteiger partial charge in [-0.25, -0.2) is 0 Å². The summed E-state index contributed by atoms with van der Waals surface area (Å²) in [5.74, 6) is 0.